The highest BCUT2D eigenvalue weighted by Crippen LogP contribution is 2.30. The summed E-state index contributed by atoms with van der Waals surface area (Å²) in [7, 11) is 0. The zero-order chi connectivity index (χ0) is 21.1. The van der Waals surface area contributed by atoms with E-state index in [9.17, 15) is 4.79 Å². The number of amides is 1. The predicted molar refractivity (Wildman–Crippen MR) is 122 cm³/mol. The Kier molecular flexibility index (Phi) is 6.35. The fourth-order valence-electron chi connectivity index (χ4n) is 3.66. The van der Waals surface area contributed by atoms with Crippen LogP contribution >= 0.6 is 23.4 Å². The molecule has 1 aliphatic rings. The number of para-hydroxylation sites is 1. The molecule has 1 saturated heterocycles. The van der Waals surface area contributed by atoms with Crippen LogP contribution < -0.4 is 4.90 Å². The molecule has 2 aromatic carbocycles. The highest BCUT2D eigenvalue weighted by Gasteiger charge is 2.25. The van der Waals surface area contributed by atoms with Gasteiger partial charge in [-0.05, 0) is 38.1 Å². The minimum absolute atomic E-state index is 0.0793. The van der Waals surface area contributed by atoms with Crippen LogP contribution in [-0.4, -0.2) is 42.1 Å². The molecule has 1 aromatic heterocycles. The molecule has 0 aliphatic carbocycles. The fraction of sp³-hybridized carbons (Fsp3) is 0.304. The van der Waals surface area contributed by atoms with Crippen molar-refractivity contribution in [2.45, 2.75) is 24.5 Å². The number of aryl methyl sites for hydroxylation is 2. The van der Waals surface area contributed by atoms with Crippen LogP contribution in [0.1, 0.15) is 27.4 Å². The average molecular weight is 442 g/mol. The van der Waals surface area contributed by atoms with Gasteiger partial charge in [0.25, 0.3) is 5.91 Å². The van der Waals surface area contributed by atoms with Gasteiger partial charge in [0.05, 0.1) is 22.0 Å². The Balaban J connectivity index is 1.44. The molecule has 1 amide bonds. The predicted octanol–water partition coefficient (Wildman–Crippen LogP) is 5.20. The Bertz CT molecular complexity index is 1020. The van der Waals surface area contributed by atoms with E-state index in [0.717, 1.165) is 57.0 Å². The molecule has 0 spiro atoms. The summed E-state index contributed by atoms with van der Waals surface area (Å²) in [6.07, 6.45) is 0. The van der Waals surface area contributed by atoms with E-state index in [1.165, 1.54) is 0 Å². The van der Waals surface area contributed by atoms with Crippen molar-refractivity contribution in [2.75, 3.05) is 31.1 Å². The average Bonchev–Trinajstić information content (AvgIpc) is 3.10. The maximum Gasteiger partial charge on any atom is 0.255 e. The number of aromatic nitrogens is 1. The lowest BCUT2D eigenvalue weighted by atomic mass is 10.1. The van der Waals surface area contributed by atoms with E-state index in [2.05, 4.69) is 10.1 Å². The number of piperazine rings is 1. The van der Waals surface area contributed by atoms with Crippen LogP contribution in [0.2, 0.25) is 5.02 Å². The second-order valence-electron chi connectivity index (χ2n) is 7.32. The third-order valence-corrected chi connectivity index (χ3v) is 6.85. The Labute approximate surface area is 186 Å². The molecule has 30 heavy (non-hydrogen) atoms. The van der Waals surface area contributed by atoms with Crippen LogP contribution in [0.15, 0.2) is 57.9 Å². The minimum Gasteiger partial charge on any atom is -0.367 e. The molecular weight excluding hydrogens is 418 g/mol. The number of nitrogens with zero attached hydrogens (tertiary/aromatic N) is 3. The molecule has 0 N–H and O–H groups in total. The van der Waals surface area contributed by atoms with Crippen molar-refractivity contribution in [1.82, 2.24) is 10.1 Å². The van der Waals surface area contributed by atoms with E-state index in [0.29, 0.717) is 13.1 Å². The fourth-order valence-corrected chi connectivity index (χ4v) is 5.11. The highest BCUT2D eigenvalue weighted by molar-refractivity contribution is 7.98. The summed E-state index contributed by atoms with van der Waals surface area (Å²) in [5.74, 6) is 1.64. The molecule has 0 saturated carbocycles. The van der Waals surface area contributed by atoms with E-state index in [1.807, 2.05) is 67.3 Å². The lowest BCUT2D eigenvalue weighted by Crippen LogP contribution is -2.49. The number of carbonyl (C=O) groups excluding carboxylic acids is 1. The molecule has 156 valence electrons. The van der Waals surface area contributed by atoms with Crippen LogP contribution in [0.5, 0.6) is 0 Å². The van der Waals surface area contributed by atoms with E-state index >= 15 is 0 Å². The van der Waals surface area contributed by atoms with Crippen LogP contribution in [0.4, 0.5) is 5.69 Å². The molecule has 0 bridgehead atoms. The minimum atomic E-state index is 0.0793. The summed E-state index contributed by atoms with van der Waals surface area (Å²) < 4.78 is 5.26. The molecule has 0 atom stereocenters. The number of hydrogen-bond donors (Lipinski definition) is 0. The lowest BCUT2D eigenvalue weighted by Gasteiger charge is -2.36. The number of halogens is 1. The summed E-state index contributed by atoms with van der Waals surface area (Å²) in [4.78, 5) is 18.4. The molecule has 0 unspecified atom stereocenters. The second kappa shape index (κ2) is 9.14. The van der Waals surface area contributed by atoms with E-state index in [-0.39, 0.29) is 5.91 Å². The molecule has 7 heteroatoms. The quantitative estimate of drug-likeness (QED) is 0.509. The number of carbonyl (C=O) groups is 1. The van der Waals surface area contributed by atoms with E-state index in [4.69, 9.17) is 16.1 Å². The van der Waals surface area contributed by atoms with Gasteiger partial charge in [-0.3, -0.25) is 4.79 Å². The number of thioether (sulfide) groups is 1. The van der Waals surface area contributed by atoms with Gasteiger partial charge in [0.1, 0.15) is 5.76 Å². The van der Waals surface area contributed by atoms with E-state index < -0.39 is 0 Å². The van der Waals surface area contributed by atoms with Gasteiger partial charge in [0.2, 0.25) is 0 Å². The van der Waals surface area contributed by atoms with Crippen molar-refractivity contribution in [1.29, 1.82) is 0 Å². The van der Waals surface area contributed by atoms with Crippen molar-refractivity contribution in [3.05, 3.63) is 76.1 Å². The number of rotatable bonds is 5. The van der Waals surface area contributed by atoms with Crippen molar-refractivity contribution < 1.29 is 9.32 Å². The van der Waals surface area contributed by atoms with Gasteiger partial charge in [-0.1, -0.05) is 41.0 Å². The number of hydrogen-bond acceptors (Lipinski definition) is 5. The maximum absolute atomic E-state index is 13.3. The lowest BCUT2D eigenvalue weighted by molar-refractivity contribution is 0.0743. The summed E-state index contributed by atoms with van der Waals surface area (Å²) in [5, 5.41) is 4.77. The smallest absolute Gasteiger partial charge is 0.255 e. The molecule has 0 radical (unpaired) electrons. The normalized spacial score (nSPS) is 14.2. The first kappa shape index (κ1) is 20.8. The van der Waals surface area contributed by atoms with Gasteiger partial charge in [0.15, 0.2) is 0 Å². The summed E-state index contributed by atoms with van der Waals surface area (Å²) >= 11 is 7.99. The number of anilines is 1. The number of benzene rings is 2. The van der Waals surface area contributed by atoms with Gasteiger partial charge in [-0.2, -0.15) is 0 Å². The maximum atomic E-state index is 13.3. The van der Waals surface area contributed by atoms with Gasteiger partial charge in [0, 0.05) is 42.4 Å². The van der Waals surface area contributed by atoms with Crippen LogP contribution in [0, 0.1) is 13.8 Å². The molecule has 2 heterocycles. The standard InChI is InChI=1S/C23H24ClN3O2S/c1-16-19(17(2)29-25-16)15-30-22-10-6-3-7-18(22)23(28)27-13-11-26(12-14-27)21-9-5-4-8-20(21)24/h3-10H,11-15H2,1-2H3. The first-order chi connectivity index (χ1) is 14.5. The molecule has 1 aliphatic heterocycles. The van der Waals surface area contributed by atoms with Crippen molar-refractivity contribution >= 4 is 35.0 Å². The van der Waals surface area contributed by atoms with Gasteiger partial charge >= 0.3 is 0 Å². The monoisotopic (exact) mass is 441 g/mol. The highest BCUT2D eigenvalue weighted by atomic mass is 35.5. The van der Waals surface area contributed by atoms with Gasteiger partial charge in [-0.15, -0.1) is 11.8 Å². The van der Waals surface area contributed by atoms with Crippen LogP contribution in [0.25, 0.3) is 0 Å². The first-order valence-corrected chi connectivity index (χ1v) is 11.3. The molecular formula is C23H24ClN3O2S. The Hall–Kier alpha value is -2.44. The topological polar surface area (TPSA) is 49.6 Å². The third kappa shape index (κ3) is 4.35. The first-order valence-electron chi connectivity index (χ1n) is 9.97. The Morgan fingerprint density at radius 1 is 1.07 bits per heavy atom. The third-order valence-electron chi connectivity index (χ3n) is 5.43. The largest absolute Gasteiger partial charge is 0.367 e. The van der Waals surface area contributed by atoms with Crippen molar-refractivity contribution in [3.63, 3.8) is 0 Å². The second-order valence-corrected chi connectivity index (χ2v) is 8.74. The zero-order valence-electron chi connectivity index (χ0n) is 17.1. The zero-order valence-corrected chi connectivity index (χ0v) is 18.7. The summed E-state index contributed by atoms with van der Waals surface area (Å²) in [6.45, 7) is 6.75. The Morgan fingerprint density at radius 2 is 1.77 bits per heavy atom. The molecule has 4 rings (SSSR count). The molecule has 1 fully saturated rings. The van der Waals surface area contributed by atoms with Crippen molar-refractivity contribution in [3.8, 4) is 0 Å². The van der Waals surface area contributed by atoms with E-state index in [1.54, 1.807) is 11.8 Å². The molecule has 3 aromatic rings. The van der Waals surface area contributed by atoms with Gasteiger partial charge < -0.3 is 14.3 Å². The van der Waals surface area contributed by atoms with Crippen LogP contribution in [-0.2, 0) is 5.75 Å². The summed E-state index contributed by atoms with van der Waals surface area (Å²) in [6, 6.07) is 15.7. The molecule has 5 nitrogen and oxygen atoms in total. The van der Waals surface area contributed by atoms with Gasteiger partial charge in [-0.25, -0.2) is 0 Å². The Morgan fingerprint density at radius 3 is 2.47 bits per heavy atom. The van der Waals surface area contributed by atoms with Crippen molar-refractivity contribution in [2.24, 2.45) is 0 Å². The SMILES string of the molecule is Cc1noc(C)c1CSc1ccccc1C(=O)N1CCN(c2ccccc2Cl)CC1. The van der Waals surface area contributed by atoms with Crippen LogP contribution in [0.3, 0.4) is 0 Å². The summed E-state index contributed by atoms with van der Waals surface area (Å²) in [5.41, 5.74) is 3.78.